The summed E-state index contributed by atoms with van der Waals surface area (Å²) in [4.78, 5) is 28.9. The molecule has 2 aromatic rings. The Balaban J connectivity index is 1.60. The quantitative estimate of drug-likeness (QED) is 0.587. The number of carbonyl (C=O) groups is 2. The Hall–Kier alpha value is -2.80. The number of hydrogen-bond donors (Lipinski definition) is 0. The van der Waals surface area contributed by atoms with E-state index in [1.807, 2.05) is 31.2 Å². The molecular formula is C25H27ClN2O5. The van der Waals surface area contributed by atoms with Crippen molar-refractivity contribution in [2.75, 3.05) is 11.5 Å². The van der Waals surface area contributed by atoms with Gasteiger partial charge < -0.3 is 14.0 Å². The topological polar surface area (TPSA) is 81.9 Å². The maximum absolute atomic E-state index is 13.8. The van der Waals surface area contributed by atoms with Crippen molar-refractivity contribution < 1.29 is 23.6 Å². The second-order valence-corrected chi connectivity index (χ2v) is 9.69. The van der Waals surface area contributed by atoms with E-state index in [1.165, 1.54) is 4.90 Å². The monoisotopic (exact) mass is 470 g/mol. The van der Waals surface area contributed by atoms with E-state index in [2.05, 4.69) is 12.1 Å². The molecule has 2 aliphatic heterocycles. The maximum Gasteiger partial charge on any atom is 0.295 e. The number of ketones is 1. The molecule has 1 aliphatic carbocycles. The molecule has 1 amide bonds. The molecule has 174 valence electrons. The van der Waals surface area contributed by atoms with Crippen LogP contribution in [-0.2, 0) is 14.3 Å². The highest BCUT2D eigenvalue weighted by molar-refractivity contribution is 6.21. The van der Waals surface area contributed by atoms with Crippen molar-refractivity contribution in [2.24, 2.45) is 11.8 Å². The summed E-state index contributed by atoms with van der Waals surface area (Å²) in [7, 11) is 0. The molecule has 0 N–H and O–H groups in total. The molecule has 1 aromatic heterocycles. The molecule has 1 fully saturated rings. The summed E-state index contributed by atoms with van der Waals surface area (Å²) in [6.45, 7) is 6.43. The number of halogens is 1. The van der Waals surface area contributed by atoms with Crippen LogP contribution in [0, 0.1) is 18.8 Å². The minimum absolute atomic E-state index is 0.0697. The molecule has 0 bridgehead atoms. The number of fused-ring (bicyclic) bond motifs is 1. The lowest BCUT2D eigenvalue weighted by Crippen LogP contribution is -2.44. The third-order valence-corrected chi connectivity index (χ3v) is 7.33. The average molecular weight is 471 g/mol. The highest BCUT2D eigenvalue weighted by Crippen LogP contribution is 2.49. The maximum atomic E-state index is 13.8. The summed E-state index contributed by atoms with van der Waals surface area (Å²) in [5.74, 6) is 1.11. The van der Waals surface area contributed by atoms with E-state index in [4.69, 9.17) is 25.6 Å². The third kappa shape index (κ3) is 3.72. The molecule has 33 heavy (non-hydrogen) atoms. The van der Waals surface area contributed by atoms with Gasteiger partial charge in [0.15, 0.2) is 17.4 Å². The summed E-state index contributed by atoms with van der Waals surface area (Å²) >= 11 is 6.53. The van der Waals surface area contributed by atoms with Crippen molar-refractivity contribution >= 4 is 29.1 Å². The zero-order chi connectivity index (χ0) is 23.3. The minimum Gasteiger partial charge on any atom is -0.494 e. The Labute approximate surface area is 197 Å². The molecule has 5 atom stereocenters. The molecule has 0 spiro atoms. The molecule has 5 rings (SSSR count). The number of alkyl halides is 1. The first-order valence-corrected chi connectivity index (χ1v) is 11.9. The fraction of sp³-hybridized carbons (Fsp3) is 0.480. The number of anilines is 1. The molecule has 1 saturated carbocycles. The molecule has 8 heteroatoms. The van der Waals surface area contributed by atoms with E-state index in [1.54, 1.807) is 13.0 Å². The number of aryl methyl sites for hydroxylation is 1. The minimum atomic E-state index is -0.677. The van der Waals surface area contributed by atoms with Crippen LogP contribution in [0.4, 0.5) is 5.82 Å². The fourth-order valence-corrected chi connectivity index (χ4v) is 5.33. The van der Waals surface area contributed by atoms with E-state index < -0.39 is 6.04 Å². The summed E-state index contributed by atoms with van der Waals surface area (Å²) < 4.78 is 17.3. The van der Waals surface area contributed by atoms with Crippen molar-refractivity contribution in [3.05, 3.63) is 53.0 Å². The fourth-order valence-electron chi connectivity index (χ4n) is 5.03. The van der Waals surface area contributed by atoms with Gasteiger partial charge in [0, 0.05) is 11.4 Å². The van der Waals surface area contributed by atoms with Crippen LogP contribution >= 0.6 is 11.6 Å². The van der Waals surface area contributed by atoms with E-state index in [0.29, 0.717) is 42.3 Å². The number of amides is 1. The van der Waals surface area contributed by atoms with Crippen LogP contribution in [0.2, 0.25) is 0 Å². The standard InChI is InChI=1S/C25H27ClN2O5/c1-4-8-31-16-7-5-6-15(11-16)22-21-23(29)17-12-18(26)13(2)9-19(17)32-24(21)25(30)28(22)20-10-14(3)33-27-20/h5-7,10-11,13,17-19,22H,4,8-9,12H2,1-3H3. The van der Waals surface area contributed by atoms with Crippen LogP contribution < -0.4 is 9.64 Å². The Morgan fingerprint density at radius 3 is 2.79 bits per heavy atom. The van der Waals surface area contributed by atoms with Crippen molar-refractivity contribution in [3.8, 4) is 5.75 Å². The lowest BCUT2D eigenvalue weighted by atomic mass is 9.74. The smallest absolute Gasteiger partial charge is 0.295 e. The van der Waals surface area contributed by atoms with Gasteiger partial charge in [-0.2, -0.15) is 0 Å². The Kier molecular flexibility index (Phi) is 5.69. The van der Waals surface area contributed by atoms with Crippen LogP contribution in [-0.4, -0.2) is 34.9 Å². The van der Waals surface area contributed by atoms with Crippen molar-refractivity contribution in [2.45, 2.75) is 57.6 Å². The molecule has 3 heterocycles. The van der Waals surface area contributed by atoms with E-state index in [9.17, 15) is 9.59 Å². The number of ether oxygens (including phenoxy) is 2. The van der Waals surface area contributed by atoms with Gasteiger partial charge in [-0.05, 0) is 49.8 Å². The first-order valence-electron chi connectivity index (χ1n) is 11.5. The number of nitrogens with zero attached hydrogens (tertiary/aromatic N) is 2. The Morgan fingerprint density at radius 1 is 1.24 bits per heavy atom. The van der Waals surface area contributed by atoms with Gasteiger partial charge in [0.1, 0.15) is 17.6 Å². The highest BCUT2D eigenvalue weighted by Gasteiger charge is 2.54. The van der Waals surface area contributed by atoms with E-state index >= 15 is 0 Å². The number of Topliss-reactive ketones (excluding diaryl/α,β-unsaturated/α-hetero) is 1. The number of benzene rings is 1. The largest absolute Gasteiger partial charge is 0.494 e. The average Bonchev–Trinajstić information content (AvgIpc) is 3.35. The summed E-state index contributed by atoms with van der Waals surface area (Å²) in [5.41, 5.74) is 1.12. The molecule has 0 radical (unpaired) electrons. The number of rotatable bonds is 5. The van der Waals surface area contributed by atoms with Gasteiger partial charge in [-0.15, -0.1) is 11.6 Å². The van der Waals surface area contributed by atoms with E-state index in [0.717, 1.165) is 12.0 Å². The van der Waals surface area contributed by atoms with Gasteiger partial charge in [-0.3, -0.25) is 14.5 Å². The normalized spacial score (nSPS) is 29.1. The van der Waals surface area contributed by atoms with Crippen molar-refractivity contribution in [3.63, 3.8) is 0 Å². The van der Waals surface area contributed by atoms with Gasteiger partial charge in [-0.1, -0.05) is 31.1 Å². The highest BCUT2D eigenvalue weighted by atomic mass is 35.5. The van der Waals surface area contributed by atoms with Crippen LogP contribution in [0.1, 0.15) is 50.5 Å². The third-order valence-electron chi connectivity index (χ3n) is 6.72. The van der Waals surface area contributed by atoms with Gasteiger partial charge in [0.25, 0.3) is 5.91 Å². The predicted octanol–water partition coefficient (Wildman–Crippen LogP) is 4.74. The Bertz CT molecular complexity index is 1130. The summed E-state index contributed by atoms with van der Waals surface area (Å²) in [5, 5.41) is 3.98. The van der Waals surface area contributed by atoms with Crippen LogP contribution in [0.5, 0.6) is 5.75 Å². The Morgan fingerprint density at radius 2 is 2.06 bits per heavy atom. The SMILES string of the molecule is CCCOc1cccc(C2C3=C(OC4CC(C)C(Cl)CC4C3=O)C(=O)N2c2cc(C)on2)c1. The van der Waals surface area contributed by atoms with Crippen molar-refractivity contribution in [1.82, 2.24) is 5.16 Å². The molecule has 0 saturated heterocycles. The molecule has 5 unspecified atom stereocenters. The predicted molar refractivity (Wildman–Crippen MR) is 122 cm³/mol. The second-order valence-electron chi connectivity index (χ2n) is 9.13. The lowest BCUT2D eigenvalue weighted by Gasteiger charge is -2.39. The first kappa shape index (κ1) is 22.0. The number of hydrogen-bond acceptors (Lipinski definition) is 6. The number of carbonyl (C=O) groups excluding carboxylic acids is 2. The molecule has 1 aromatic carbocycles. The van der Waals surface area contributed by atoms with Gasteiger partial charge in [0.05, 0.1) is 24.1 Å². The van der Waals surface area contributed by atoms with Crippen molar-refractivity contribution in [1.29, 1.82) is 0 Å². The van der Waals surface area contributed by atoms with Crippen LogP contribution in [0.25, 0.3) is 0 Å². The van der Waals surface area contributed by atoms with Gasteiger partial charge in [-0.25, -0.2) is 0 Å². The second kappa shape index (κ2) is 8.52. The van der Waals surface area contributed by atoms with Crippen LogP contribution in [0.15, 0.2) is 46.2 Å². The summed E-state index contributed by atoms with van der Waals surface area (Å²) in [6.07, 6.45) is 1.71. The molecule has 3 aliphatic rings. The zero-order valence-corrected chi connectivity index (χ0v) is 19.7. The molecular weight excluding hydrogens is 444 g/mol. The first-order chi connectivity index (χ1) is 15.9. The zero-order valence-electron chi connectivity index (χ0n) is 18.9. The lowest BCUT2D eigenvalue weighted by molar-refractivity contribution is -0.132. The van der Waals surface area contributed by atoms with Gasteiger partial charge in [0.2, 0.25) is 0 Å². The van der Waals surface area contributed by atoms with E-state index in [-0.39, 0.29) is 40.8 Å². The van der Waals surface area contributed by atoms with Crippen LogP contribution in [0.3, 0.4) is 0 Å². The number of aromatic nitrogens is 1. The molecule has 7 nitrogen and oxygen atoms in total. The summed E-state index contributed by atoms with van der Waals surface area (Å²) in [6, 6.07) is 8.50. The van der Waals surface area contributed by atoms with Gasteiger partial charge >= 0.3 is 0 Å².